The SMILES string of the molecule is COc1cc2ccc1O[C@H]1CN(C(=O)CCc3cccnc3)C[C@@H]1NC(=O)c1ccc(C)c(c1)-c1cccc(c1)OCC(=O)NC2. The molecule has 0 unspecified atom stereocenters. The molecule has 3 amide bonds. The monoisotopic (exact) mass is 620 g/mol. The van der Waals surface area contributed by atoms with Crippen molar-refractivity contribution in [2.75, 3.05) is 26.8 Å². The minimum Gasteiger partial charge on any atom is -0.493 e. The predicted octanol–water partition coefficient (Wildman–Crippen LogP) is 4.10. The third-order valence-electron chi connectivity index (χ3n) is 8.30. The second-order valence-corrected chi connectivity index (χ2v) is 11.5. The highest BCUT2D eigenvalue weighted by molar-refractivity contribution is 5.96. The Bertz CT molecular complexity index is 1740. The van der Waals surface area contributed by atoms with Gasteiger partial charge in [0.2, 0.25) is 5.91 Å². The van der Waals surface area contributed by atoms with Gasteiger partial charge in [0.15, 0.2) is 18.1 Å². The summed E-state index contributed by atoms with van der Waals surface area (Å²) < 4.78 is 17.9. The number of ether oxygens (including phenoxy) is 3. The molecule has 3 aliphatic rings. The number of likely N-dealkylation sites (tertiary alicyclic amines) is 1. The lowest BCUT2D eigenvalue weighted by molar-refractivity contribution is -0.130. The van der Waals surface area contributed by atoms with Crippen molar-refractivity contribution in [3.63, 3.8) is 0 Å². The maximum absolute atomic E-state index is 13.7. The number of carbonyl (C=O) groups is 3. The Balaban J connectivity index is 1.31. The molecule has 1 fully saturated rings. The van der Waals surface area contributed by atoms with E-state index in [1.807, 2.05) is 55.5 Å². The van der Waals surface area contributed by atoms with Crippen molar-refractivity contribution in [2.24, 2.45) is 0 Å². The summed E-state index contributed by atoms with van der Waals surface area (Å²) in [6, 6.07) is 21.7. The number of rotatable bonds is 4. The Labute approximate surface area is 267 Å². The van der Waals surface area contributed by atoms with Crippen LogP contribution in [0.1, 0.15) is 33.5 Å². The fourth-order valence-electron chi connectivity index (χ4n) is 5.75. The number of aromatic nitrogens is 1. The molecule has 7 rings (SSSR count). The molecule has 4 heterocycles. The van der Waals surface area contributed by atoms with Gasteiger partial charge in [-0.2, -0.15) is 0 Å². The zero-order chi connectivity index (χ0) is 32.0. The number of hydrogen-bond donors (Lipinski definition) is 2. The van der Waals surface area contributed by atoms with Crippen LogP contribution in [0.15, 0.2) is 85.2 Å². The molecular weight excluding hydrogens is 584 g/mol. The molecule has 1 aromatic heterocycles. The Hall–Kier alpha value is -5.38. The van der Waals surface area contributed by atoms with Crippen LogP contribution in [0.3, 0.4) is 0 Å². The number of benzene rings is 3. The molecule has 0 radical (unpaired) electrons. The summed E-state index contributed by atoms with van der Waals surface area (Å²) in [7, 11) is 1.54. The van der Waals surface area contributed by atoms with E-state index in [0.29, 0.717) is 48.7 Å². The van der Waals surface area contributed by atoms with Crippen LogP contribution in [-0.4, -0.2) is 66.6 Å². The topological polar surface area (TPSA) is 119 Å². The molecule has 10 heteroatoms. The van der Waals surface area contributed by atoms with Crippen molar-refractivity contribution >= 4 is 17.7 Å². The lowest BCUT2D eigenvalue weighted by atomic mass is 9.97. The lowest BCUT2D eigenvalue weighted by Crippen LogP contribution is -2.45. The molecule has 2 N–H and O–H groups in total. The average molecular weight is 621 g/mol. The third kappa shape index (κ3) is 7.12. The van der Waals surface area contributed by atoms with Crippen LogP contribution in [0.25, 0.3) is 11.1 Å². The van der Waals surface area contributed by atoms with Gasteiger partial charge in [-0.15, -0.1) is 0 Å². The van der Waals surface area contributed by atoms with Gasteiger partial charge in [0.05, 0.1) is 19.7 Å². The number of hydrogen-bond acceptors (Lipinski definition) is 7. The van der Waals surface area contributed by atoms with Crippen LogP contribution < -0.4 is 24.8 Å². The van der Waals surface area contributed by atoms with E-state index in [-0.39, 0.29) is 30.9 Å². The summed E-state index contributed by atoms with van der Waals surface area (Å²) in [5.74, 6) is 0.921. The summed E-state index contributed by atoms with van der Waals surface area (Å²) in [6.45, 7) is 2.69. The highest BCUT2D eigenvalue weighted by Crippen LogP contribution is 2.32. The molecule has 3 aromatic carbocycles. The zero-order valence-electron chi connectivity index (χ0n) is 25.8. The third-order valence-corrected chi connectivity index (χ3v) is 8.30. The molecule has 1 saturated heterocycles. The summed E-state index contributed by atoms with van der Waals surface area (Å²) in [5.41, 5.74) is 4.98. The number of amides is 3. The number of nitrogens with one attached hydrogen (secondary N) is 2. The number of carbonyl (C=O) groups excluding carboxylic acids is 3. The lowest BCUT2D eigenvalue weighted by Gasteiger charge is -2.23. The average Bonchev–Trinajstić information content (AvgIpc) is 3.47. The number of methoxy groups -OCH3 is 1. The second-order valence-electron chi connectivity index (χ2n) is 11.5. The van der Waals surface area contributed by atoms with E-state index in [2.05, 4.69) is 15.6 Å². The van der Waals surface area contributed by atoms with Gasteiger partial charge in [0.1, 0.15) is 11.9 Å². The summed E-state index contributed by atoms with van der Waals surface area (Å²) in [6.07, 6.45) is 3.81. The minimum absolute atomic E-state index is 0.0301. The minimum atomic E-state index is -0.532. The molecule has 0 aliphatic carbocycles. The number of fused-ring (bicyclic) bond motifs is 7. The van der Waals surface area contributed by atoms with E-state index in [4.69, 9.17) is 14.2 Å². The molecule has 0 spiro atoms. The van der Waals surface area contributed by atoms with Crippen LogP contribution in [0.4, 0.5) is 0 Å². The normalized spacial score (nSPS) is 18.0. The van der Waals surface area contributed by atoms with Crippen LogP contribution in [0.2, 0.25) is 0 Å². The Kier molecular flexibility index (Phi) is 9.14. The van der Waals surface area contributed by atoms with Crippen LogP contribution >= 0.6 is 0 Å². The smallest absolute Gasteiger partial charge is 0.258 e. The number of pyridine rings is 1. The summed E-state index contributed by atoms with van der Waals surface area (Å²) in [4.78, 5) is 45.6. The van der Waals surface area contributed by atoms with Crippen molar-refractivity contribution in [1.29, 1.82) is 0 Å². The van der Waals surface area contributed by atoms with E-state index < -0.39 is 12.1 Å². The quantitative estimate of drug-likeness (QED) is 0.353. The first-order valence-corrected chi connectivity index (χ1v) is 15.3. The molecular formula is C36H36N4O6. The van der Waals surface area contributed by atoms with Crippen molar-refractivity contribution in [2.45, 2.75) is 38.5 Å². The van der Waals surface area contributed by atoms with E-state index in [1.165, 1.54) is 0 Å². The first-order valence-electron chi connectivity index (χ1n) is 15.3. The Morgan fingerprint density at radius 1 is 1.02 bits per heavy atom. The molecule has 10 nitrogen and oxygen atoms in total. The number of aryl methyl sites for hydroxylation is 2. The van der Waals surface area contributed by atoms with Gasteiger partial charge in [-0.25, -0.2) is 0 Å². The van der Waals surface area contributed by atoms with Gasteiger partial charge < -0.3 is 29.7 Å². The highest BCUT2D eigenvalue weighted by Gasteiger charge is 2.38. The van der Waals surface area contributed by atoms with Crippen LogP contribution in [0.5, 0.6) is 17.2 Å². The predicted molar refractivity (Wildman–Crippen MR) is 172 cm³/mol. The number of nitrogens with zero attached hydrogens (tertiary/aromatic N) is 2. The molecule has 2 atom stereocenters. The van der Waals surface area contributed by atoms with E-state index in [9.17, 15) is 14.4 Å². The fourth-order valence-corrected chi connectivity index (χ4v) is 5.75. The van der Waals surface area contributed by atoms with Gasteiger partial charge in [-0.1, -0.05) is 30.3 Å². The van der Waals surface area contributed by atoms with Gasteiger partial charge in [0, 0.05) is 37.5 Å². The molecule has 0 saturated carbocycles. The zero-order valence-corrected chi connectivity index (χ0v) is 25.8. The molecule has 4 aromatic rings. The molecule has 3 aliphatic heterocycles. The van der Waals surface area contributed by atoms with Crippen molar-refractivity contribution in [3.05, 3.63) is 107 Å². The maximum atomic E-state index is 13.7. The van der Waals surface area contributed by atoms with Gasteiger partial charge in [-0.05, 0) is 83.6 Å². The van der Waals surface area contributed by atoms with Gasteiger partial charge >= 0.3 is 0 Å². The maximum Gasteiger partial charge on any atom is 0.258 e. The molecule has 236 valence electrons. The fraction of sp³-hybridized carbons (Fsp3) is 0.278. The van der Waals surface area contributed by atoms with Crippen LogP contribution in [0, 0.1) is 6.92 Å². The Morgan fingerprint density at radius 3 is 2.74 bits per heavy atom. The first kappa shape index (κ1) is 30.6. The summed E-state index contributed by atoms with van der Waals surface area (Å²) >= 11 is 0. The van der Waals surface area contributed by atoms with E-state index in [0.717, 1.165) is 27.8 Å². The standard InChI is InChI=1S/C36H36N4O6/c1-23-8-11-27-17-29(23)26-6-3-7-28(16-26)45-22-34(41)38-19-25-9-12-31(32(15-25)44-2)46-33-21-40(20-30(33)39-36(27)43)35(42)13-10-24-5-4-14-37-18-24/h3-9,11-12,14-18,30,33H,10,13,19-22H2,1-2H3,(H,38,41)(H,39,43)/t30-,33-/m0/s1. The van der Waals surface area contributed by atoms with Crippen molar-refractivity contribution in [3.8, 4) is 28.4 Å². The first-order chi connectivity index (χ1) is 22.4. The van der Waals surface area contributed by atoms with Gasteiger partial charge in [-0.3, -0.25) is 19.4 Å². The second kappa shape index (κ2) is 13.7. The van der Waals surface area contributed by atoms with Crippen LogP contribution in [-0.2, 0) is 22.6 Å². The molecule has 46 heavy (non-hydrogen) atoms. The van der Waals surface area contributed by atoms with Crippen molar-refractivity contribution < 1.29 is 28.6 Å². The van der Waals surface area contributed by atoms with Gasteiger partial charge in [0.25, 0.3) is 11.8 Å². The summed E-state index contributed by atoms with van der Waals surface area (Å²) in [5, 5.41) is 6.03. The van der Waals surface area contributed by atoms with Crippen molar-refractivity contribution in [1.82, 2.24) is 20.5 Å². The van der Waals surface area contributed by atoms with E-state index >= 15 is 0 Å². The van der Waals surface area contributed by atoms with E-state index in [1.54, 1.807) is 48.7 Å². The highest BCUT2D eigenvalue weighted by atomic mass is 16.5. The Morgan fingerprint density at radius 2 is 1.91 bits per heavy atom. The largest absolute Gasteiger partial charge is 0.493 e. The molecule has 6 bridgehead atoms.